The molecule has 1 aromatic carbocycles. The van der Waals surface area contributed by atoms with Crippen molar-refractivity contribution >= 4 is 17.0 Å². The number of benzene rings is 1. The lowest BCUT2D eigenvalue weighted by Crippen LogP contribution is -2.23. The van der Waals surface area contributed by atoms with E-state index in [2.05, 4.69) is 85.1 Å². The third kappa shape index (κ3) is 6.73. The first kappa shape index (κ1) is 25.7. The molecule has 1 unspecified atom stereocenters. The number of likely N-dealkylation sites (N-methyl/N-ethyl adjacent to an activating group) is 1. The van der Waals surface area contributed by atoms with E-state index in [1.165, 1.54) is 0 Å². The molecule has 172 valence electrons. The Kier molecular flexibility index (Phi) is 10.2. The molecule has 0 bridgehead atoms. The molecule has 33 heavy (non-hydrogen) atoms. The van der Waals surface area contributed by atoms with Crippen LogP contribution < -0.4 is 16.4 Å². The van der Waals surface area contributed by atoms with E-state index in [1.54, 1.807) is 6.20 Å². The number of nitrogens with one attached hydrogen (secondary N) is 2. The van der Waals surface area contributed by atoms with Crippen molar-refractivity contribution in [3.63, 3.8) is 0 Å². The van der Waals surface area contributed by atoms with Crippen molar-refractivity contribution in [3.05, 3.63) is 89.0 Å². The molecule has 0 saturated heterocycles. The minimum atomic E-state index is -0.00502. The molecule has 0 radical (unpaired) electrons. The number of para-hydroxylation sites is 1. The van der Waals surface area contributed by atoms with Gasteiger partial charge in [0.2, 0.25) is 0 Å². The van der Waals surface area contributed by atoms with Gasteiger partial charge in [0.15, 0.2) is 0 Å². The third-order valence-corrected chi connectivity index (χ3v) is 5.65. The van der Waals surface area contributed by atoms with Gasteiger partial charge in [-0.05, 0) is 75.1 Å². The molecule has 0 aliphatic heterocycles. The van der Waals surface area contributed by atoms with Crippen LogP contribution in [-0.4, -0.2) is 25.8 Å². The molecule has 1 aromatic rings. The number of nitrogens with zero attached hydrogens (tertiary/aromatic N) is 1. The highest BCUT2D eigenvalue weighted by Crippen LogP contribution is 2.32. The maximum absolute atomic E-state index is 5.91. The van der Waals surface area contributed by atoms with Gasteiger partial charge in [0.1, 0.15) is 5.71 Å². The van der Waals surface area contributed by atoms with Crippen LogP contribution in [0.25, 0.3) is 5.57 Å². The summed E-state index contributed by atoms with van der Waals surface area (Å²) in [6.45, 7) is 10.1. The summed E-state index contributed by atoms with van der Waals surface area (Å²) in [5.74, 6) is 6.73. The summed E-state index contributed by atoms with van der Waals surface area (Å²) in [6, 6.07) is 6.25. The monoisotopic (exact) mass is 440 g/mol. The fourth-order valence-electron chi connectivity index (χ4n) is 3.72. The number of aliphatic imine (C=N–C) groups is 1. The second-order valence-electron chi connectivity index (χ2n) is 7.79. The van der Waals surface area contributed by atoms with Gasteiger partial charge in [-0.15, -0.1) is 5.73 Å². The zero-order chi connectivity index (χ0) is 24.2. The van der Waals surface area contributed by atoms with Crippen LogP contribution in [0.1, 0.15) is 44.2 Å². The van der Waals surface area contributed by atoms with Crippen molar-refractivity contribution < 1.29 is 0 Å². The first-order valence-corrected chi connectivity index (χ1v) is 11.4. The van der Waals surface area contributed by atoms with Gasteiger partial charge in [-0.1, -0.05) is 55.9 Å². The van der Waals surface area contributed by atoms with Gasteiger partial charge in [0, 0.05) is 23.9 Å². The summed E-state index contributed by atoms with van der Waals surface area (Å²) in [5, 5.41) is 6.56. The summed E-state index contributed by atoms with van der Waals surface area (Å²) >= 11 is 0. The molecule has 1 aliphatic carbocycles. The highest BCUT2D eigenvalue weighted by Gasteiger charge is 2.16. The van der Waals surface area contributed by atoms with Gasteiger partial charge in [-0.3, -0.25) is 0 Å². The van der Waals surface area contributed by atoms with Gasteiger partial charge in [-0.25, -0.2) is 4.99 Å². The Morgan fingerprint density at radius 2 is 2.12 bits per heavy atom. The number of aryl methyl sites for hydroxylation is 1. The molecular formula is C29H36N4. The topological polar surface area (TPSA) is 62.4 Å². The number of hydrogen-bond donors (Lipinski definition) is 3. The van der Waals surface area contributed by atoms with Gasteiger partial charge in [-0.2, -0.15) is 0 Å². The Hall–Kier alpha value is -3.51. The molecule has 4 N–H and O–H groups in total. The predicted octanol–water partition coefficient (Wildman–Crippen LogP) is 5.67. The quantitative estimate of drug-likeness (QED) is 0.211. The molecule has 0 spiro atoms. The Morgan fingerprint density at radius 1 is 1.33 bits per heavy atom. The lowest BCUT2D eigenvalue weighted by atomic mass is 9.92. The lowest BCUT2D eigenvalue weighted by molar-refractivity contribution is 0.687. The number of rotatable bonds is 8. The van der Waals surface area contributed by atoms with Crippen molar-refractivity contribution in [2.24, 2.45) is 10.7 Å². The molecule has 0 heterocycles. The summed E-state index contributed by atoms with van der Waals surface area (Å²) in [5.41, 5.74) is 16.7. The Morgan fingerprint density at radius 3 is 2.70 bits per heavy atom. The maximum Gasteiger partial charge on any atom is 0.118 e. The van der Waals surface area contributed by atoms with Crippen LogP contribution in [0.3, 0.4) is 0 Å². The van der Waals surface area contributed by atoms with Crippen LogP contribution in [0.5, 0.6) is 0 Å². The molecule has 2 rings (SSSR count). The Bertz CT molecular complexity index is 1110. The average molecular weight is 441 g/mol. The largest absolute Gasteiger partial charge is 0.405 e. The molecule has 1 atom stereocenters. The highest BCUT2D eigenvalue weighted by molar-refractivity contribution is 6.18. The third-order valence-electron chi connectivity index (χ3n) is 5.65. The molecule has 4 nitrogen and oxygen atoms in total. The summed E-state index contributed by atoms with van der Waals surface area (Å²) in [6.07, 6.45) is 12.5. The van der Waals surface area contributed by atoms with Crippen molar-refractivity contribution in [3.8, 4) is 11.8 Å². The normalized spacial score (nSPS) is 15.2. The van der Waals surface area contributed by atoms with Crippen LogP contribution >= 0.6 is 0 Å². The van der Waals surface area contributed by atoms with Crippen LogP contribution in [0, 0.1) is 18.8 Å². The molecular weight excluding hydrogens is 404 g/mol. The summed E-state index contributed by atoms with van der Waals surface area (Å²) in [7, 11) is 3.83. The minimum absolute atomic E-state index is 0.00502. The van der Waals surface area contributed by atoms with Gasteiger partial charge < -0.3 is 16.4 Å². The Balaban J connectivity index is 2.84. The zero-order valence-electron chi connectivity index (χ0n) is 20.5. The number of nitrogens with two attached hydrogens (primary N) is 1. The first-order valence-electron chi connectivity index (χ1n) is 11.4. The fraction of sp³-hybridized carbons (Fsp3) is 0.310. The SMILES string of the molecule is C=C=C(\N=C(C#CC1=CC=CCC1)/C(CC)=C(\C=C\N)c1cccc(C)c1NC)C(C)NC. The molecule has 0 aromatic heterocycles. The standard InChI is InChI=1S/C29H36N4/c1-7-24(25(19-20-30)26-16-12-13-21(3)29(26)32-6)28(33-27(8-2)22(4)31-5)18-17-23-14-10-9-11-15-23/h9-10,12-14,16,19-20,22,31-32H,2,7,11,15,30H2,1,3-6H3/b20-19+,25-24+,33-28-. The van der Waals surface area contributed by atoms with Crippen molar-refractivity contribution in [1.82, 2.24) is 5.32 Å². The van der Waals surface area contributed by atoms with E-state index in [0.717, 1.165) is 58.5 Å². The second kappa shape index (κ2) is 13.1. The van der Waals surface area contributed by atoms with Crippen LogP contribution in [0.15, 0.2) is 82.8 Å². The molecule has 4 heteroatoms. The maximum atomic E-state index is 5.91. The van der Waals surface area contributed by atoms with Gasteiger partial charge >= 0.3 is 0 Å². The van der Waals surface area contributed by atoms with E-state index in [4.69, 9.17) is 10.7 Å². The molecule has 0 saturated carbocycles. The van der Waals surface area contributed by atoms with E-state index >= 15 is 0 Å². The second-order valence-corrected chi connectivity index (χ2v) is 7.79. The smallest absolute Gasteiger partial charge is 0.118 e. The van der Waals surface area contributed by atoms with Crippen molar-refractivity contribution in [1.29, 1.82) is 0 Å². The number of hydrogen-bond acceptors (Lipinski definition) is 4. The number of anilines is 1. The molecule has 0 amide bonds. The molecule has 1 aliphatic rings. The van der Waals surface area contributed by atoms with E-state index in [9.17, 15) is 0 Å². The minimum Gasteiger partial charge on any atom is -0.405 e. The van der Waals surface area contributed by atoms with Gasteiger partial charge in [0.05, 0.1) is 11.7 Å². The first-order chi connectivity index (χ1) is 16.0. The van der Waals surface area contributed by atoms with Crippen molar-refractivity contribution in [2.45, 2.75) is 46.1 Å². The summed E-state index contributed by atoms with van der Waals surface area (Å²) in [4.78, 5) is 4.95. The number of allylic oxidation sites excluding steroid dienone is 7. The molecule has 0 fully saturated rings. The van der Waals surface area contributed by atoms with Crippen LogP contribution in [0.2, 0.25) is 0 Å². The summed E-state index contributed by atoms with van der Waals surface area (Å²) < 4.78 is 0. The predicted molar refractivity (Wildman–Crippen MR) is 144 cm³/mol. The zero-order valence-corrected chi connectivity index (χ0v) is 20.5. The highest BCUT2D eigenvalue weighted by atomic mass is 14.9. The average Bonchev–Trinajstić information content (AvgIpc) is 2.85. The van der Waals surface area contributed by atoms with E-state index in [1.807, 2.05) is 27.1 Å². The fourth-order valence-corrected chi connectivity index (χ4v) is 3.72. The Labute approximate surface area is 199 Å². The van der Waals surface area contributed by atoms with E-state index in [0.29, 0.717) is 5.71 Å². The van der Waals surface area contributed by atoms with Crippen LogP contribution in [-0.2, 0) is 0 Å². The van der Waals surface area contributed by atoms with Crippen molar-refractivity contribution in [2.75, 3.05) is 19.4 Å². The van der Waals surface area contributed by atoms with Crippen LogP contribution in [0.4, 0.5) is 5.69 Å². The van der Waals surface area contributed by atoms with Gasteiger partial charge in [0.25, 0.3) is 0 Å². The van der Waals surface area contributed by atoms with E-state index < -0.39 is 0 Å². The lowest BCUT2D eigenvalue weighted by Gasteiger charge is -2.17. The van der Waals surface area contributed by atoms with E-state index in [-0.39, 0.29) is 6.04 Å².